The molecule has 0 bridgehead atoms. The zero-order valence-electron chi connectivity index (χ0n) is 8.90. The lowest BCUT2D eigenvalue weighted by molar-refractivity contribution is -0.114. The third-order valence-electron chi connectivity index (χ3n) is 1.84. The van der Waals surface area contributed by atoms with Crippen LogP contribution in [0.5, 0.6) is 0 Å². The second-order valence-electron chi connectivity index (χ2n) is 3.24. The SMILES string of the molecule is CC(=O)Nc1cc(F)ccc1S(=O)(=O)CC#N. The average Bonchev–Trinajstić information content (AvgIpc) is 2.15. The minimum atomic E-state index is -3.85. The maximum absolute atomic E-state index is 13.0. The number of hydrogen-bond acceptors (Lipinski definition) is 4. The maximum atomic E-state index is 13.0. The number of anilines is 1. The Hall–Kier alpha value is -1.94. The number of carbonyl (C=O) groups excluding carboxylic acids is 1. The van der Waals surface area contributed by atoms with Crippen LogP contribution >= 0.6 is 0 Å². The van der Waals surface area contributed by atoms with Gasteiger partial charge in [0.25, 0.3) is 0 Å². The molecule has 0 unspecified atom stereocenters. The van der Waals surface area contributed by atoms with E-state index < -0.39 is 27.3 Å². The first-order valence-corrected chi connectivity index (χ1v) is 6.19. The van der Waals surface area contributed by atoms with Gasteiger partial charge >= 0.3 is 0 Å². The summed E-state index contributed by atoms with van der Waals surface area (Å²) >= 11 is 0. The summed E-state index contributed by atoms with van der Waals surface area (Å²) in [6.45, 7) is 1.17. The van der Waals surface area contributed by atoms with E-state index in [2.05, 4.69) is 5.32 Å². The Bertz CT molecular complexity index is 590. The van der Waals surface area contributed by atoms with Crippen LogP contribution in [0.2, 0.25) is 0 Å². The topological polar surface area (TPSA) is 87.0 Å². The van der Waals surface area contributed by atoms with Crippen molar-refractivity contribution in [2.45, 2.75) is 11.8 Å². The Morgan fingerprint density at radius 3 is 2.71 bits per heavy atom. The molecule has 90 valence electrons. The third kappa shape index (κ3) is 3.26. The molecule has 0 fully saturated rings. The predicted octanol–water partition coefficient (Wildman–Crippen LogP) is 1.08. The van der Waals surface area contributed by atoms with Crippen molar-refractivity contribution in [3.8, 4) is 6.07 Å². The minimum absolute atomic E-state index is 0.159. The highest BCUT2D eigenvalue weighted by molar-refractivity contribution is 7.91. The molecule has 0 aromatic heterocycles. The van der Waals surface area contributed by atoms with E-state index in [1.807, 2.05) is 0 Å². The fraction of sp³-hybridized carbons (Fsp3) is 0.200. The fourth-order valence-corrected chi connectivity index (χ4v) is 2.27. The van der Waals surface area contributed by atoms with E-state index in [4.69, 9.17) is 5.26 Å². The summed E-state index contributed by atoms with van der Waals surface area (Å²) < 4.78 is 36.3. The zero-order valence-corrected chi connectivity index (χ0v) is 9.71. The van der Waals surface area contributed by atoms with E-state index in [1.165, 1.54) is 13.0 Å². The number of rotatable bonds is 3. The van der Waals surface area contributed by atoms with E-state index in [0.29, 0.717) is 0 Å². The Morgan fingerprint density at radius 2 is 2.18 bits per heavy atom. The van der Waals surface area contributed by atoms with Crippen molar-refractivity contribution >= 4 is 21.4 Å². The van der Waals surface area contributed by atoms with Crippen molar-refractivity contribution in [2.75, 3.05) is 11.1 Å². The van der Waals surface area contributed by atoms with Gasteiger partial charge in [0.2, 0.25) is 5.91 Å². The van der Waals surface area contributed by atoms with Crippen LogP contribution < -0.4 is 5.32 Å². The van der Waals surface area contributed by atoms with Gasteiger partial charge in [0.05, 0.1) is 16.7 Å². The van der Waals surface area contributed by atoms with Gasteiger partial charge < -0.3 is 5.32 Å². The largest absolute Gasteiger partial charge is 0.325 e. The van der Waals surface area contributed by atoms with Crippen LogP contribution in [-0.2, 0) is 14.6 Å². The third-order valence-corrected chi connectivity index (χ3v) is 3.38. The van der Waals surface area contributed by atoms with Gasteiger partial charge in [-0.05, 0) is 18.2 Å². The summed E-state index contributed by atoms with van der Waals surface area (Å²) in [6, 6.07) is 4.38. The lowest BCUT2D eigenvalue weighted by atomic mass is 10.3. The quantitative estimate of drug-likeness (QED) is 0.820. The maximum Gasteiger partial charge on any atom is 0.221 e. The first-order chi connectivity index (χ1) is 7.86. The van der Waals surface area contributed by atoms with E-state index in [0.717, 1.165) is 18.2 Å². The molecule has 5 nitrogen and oxygen atoms in total. The Labute approximate surface area is 97.8 Å². The number of nitriles is 1. The molecule has 0 spiro atoms. The number of amides is 1. The zero-order chi connectivity index (χ0) is 13.1. The van der Waals surface area contributed by atoms with Crippen LogP contribution in [-0.4, -0.2) is 20.1 Å². The van der Waals surface area contributed by atoms with Crippen molar-refractivity contribution < 1.29 is 17.6 Å². The Balaban J connectivity index is 3.34. The van der Waals surface area contributed by atoms with Crippen molar-refractivity contribution in [3.05, 3.63) is 24.0 Å². The van der Waals surface area contributed by atoms with Crippen LogP contribution in [0.3, 0.4) is 0 Å². The highest BCUT2D eigenvalue weighted by atomic mass is 32.2. The van der Waals surface area contributed by atoms with Crippen LogP contribution in [0.4, 0.5) is 10.1 Å². The molecule has 1 aromatic rings. The molecular weight excluding hydrogens is 247 g/mol. The monoisotopic (exact) mass is 256 g/mol. The summed E-state index contributed by atoms with van der Waals surface area (Å²) in [5.41, 5.74) is -0.159. The number of nitrogens with one attached hydrogen (secondary N) is 1. The second kappa shape index (κ2) is 4.93. The molecule has 0 heterocycles. The molecular formula is C10H9FN2O3S. The number of nitrogens with zero attached hydrogens (tertiary/aromatic N) is 1. The smallest absolute Gasteiger partial charge is 0.221 e. The number of sulfone groups is 1. The van der Waals surface area contributed by atoms with Crippen LogP contribution in [0.15, 0.2) is 23.1 Å². The first kappa shape index (κ1) is 13.1. The molecule has 7 heteroatoms. The first-order valence-electron chi connectivity index (χ1n) is 4.53. The molecule has 0 aliphatic carbocycles. The standard InChI is InChI=1S/C10H9FN2O3S/c1-7(14)13-9-6-8(11)2-3-10(9)17(15,16)5-4-12/h2-3,6H,5H2,1H3,(H,13,14). The van der Waals surface area contributed by atoms with Crippen LogP contribution in [0.25, 0.3) is 0 Å². The van der Waals surface area contributed by atoms with Crippen molar-refractivity contribution in [1.29, 1.82) is 5.26 Å². The van der Waals surface area contributed by atoms with E-state index in [-0.39, 0.29) is 10.6 Å². The summed E-state index contributed by atoms with van der Waals surface area (Å²) in [7, 11) is -3.85. The normalized spacial score (nSPS) is 10.6. The summed E-state index contributed by atoms with van der Waals surface area (Å²) in [5.74, 6) is -1.93. The van der Waals surface area contributed by atoms with Gasteiger partial charge in [0.1, 0.15) is 11.6 Å². The second-order valence-corrected chi connectivity index (χ2v) is 5.20. The van der Waals surface area contributed by atoms with Gasteiger partial charge in [0.15, 0.2) is 9.84 Å². The molecule has 1 aromatic carbocycles. The minimum Gasteiger partial charge on any atom is -0.325 e. The molecule has 0 radical (unpaired) electrons. The van der Waals surface area contributed by atoms with Crippen molar-refractivity contribution in [3.63, 3.8) is 0 Å². The molecule has 0 atom stereocenters. The molecule has 1 rings (SSSR count). The van der Waals surface area contributed by atoms with Crippen molar-refractivity contribution in [2.24, 2.45) is 0 Å². The summed E-state index contributed by atoms with van der Waals surface area (Å²) in [5, 5.41) is 10.6. The molecule has 1 N–H and O–H groups in total. The van der Waals surface area contributed by atoms with Crippen molar-refractivity contribution in [1.82, 2.24) is 0 Å². The lowest BCUT2D eigenvalue weighted by Crippen LogP contribution is -2.13. The van der Waals surface area contributed by atoms with E-state index in [9.17, 15) is 17.6 Å². The number of carbonyl (C=O) groups is 1. The lowest BCUT2D eigenvalue weighted by Gasteiger charge is -2.08. The van der Waals surface area contributed by atoms with Gasteiger partial charge in [-0.3, -0.25) is 4.79 Å². The Morgan fingerprint density at radius 1 is 1.53 bits per heavy atom. The van der Waals surface area contributed by atoms with E-state index >= 15 is 0 Å². The molecule has 0 saturated heterocycles. The molecule has 17 heavy (non-hydrogen) atoms. The van der Waals surface area contributed by atoms with Gasteiger partial charge in [-0.1, -0.05) is 0 Å². The van der Waals surface area contributed by atoms with Gasteiger partial charge in [-0.15, -0.1) is 0 Å². The van der Waals surface area contributed by atoms with Crippen LogP contribution in [0, 0.1) is 17.1 Å². The fourth-order valence-electron chi connectivity index (χ4n) is 1.22. The average molecular weight is 256 g/mol. The van der Waals surface area contributed by atoms with Gasteiger partial charge in [-0.25, -0.2) is 12.8 Å². The van der Waals surface area contributed by atoms with Gasteiger partial charge in [0, 0.05) is 6.92 Å². The van der Waals surface area contributed by atoms with E-state index in [1.54, 1.807) is 0 Å². The van der Waals surface area contributed by atoms with Gasteiger partial charge in [-0.2, -0.15) is 5.26 Å². The summed E-state index contributed by atoms with van der Waals surface area (Å²) in [4.78, 5) is 10.6. The molecule has 0 aliphatic heterocycles. The number of halogens is 1. The highest BCUT2D eigenvalue weighted by Gasteiger charge is 2.19. The Kier molecular flexibility index (Phi) is 3.81. The highest BCUT2D eigenvalue weighted by Crippen LogP contribution is 2.23. The molecule has 0 saturated carbocycles. The number of hydrogen-bond donors (Lipinski definition) is 1. The molecule has 1 amide bonds. The summed E-state index contributed by atoms with van der Waals surface area (Å²) in [6.07, 6.45) is 0. The number of benzene rings is 1. The van der Waals surface area contributed by atoms with Crippen LogP contribution in [0.1, 0.15) is 6.92 Å². The molecule has 0 aliphatic rings. The predicted molar refractivity (Wildman–Crippen MR) is 58.4 cm³/mol.